The van der Waals surface area contributed by atoms with E-state index in [1.807, 2.05) is 12.1 Å². The van der Waals surface area contributed by atoms with Crippen molar-refractivity contribution in [2.75, 3.05) is 61.7 Å². The minimum atomic E-state index is 0. The van der Waals surface area contributed by atoms with Crippen LogP contribution < -0.4 is 24.8 Å². The number of halogens is 1. The smallest absolute Gasteiger partial charge is 0.203 e. The van der Waals surface area contributed by atoms with Gasteiger partial charge in [-0.1, -0.05) is 0 Å². The molecule has 0 spiro atoms. The van der Waals surface area contributed by atoms with Gasteiger partial charge < -0.3 is 34.5 Å². The van der Waals surface area contributed by atoms with Gasteiger partial charge in [-0.15, -0.1) is 24.0 Å². The van der Waals surface area contributed by atoms with Gasteiger partial charge in [0, 0.05) is 33.2 Å². The van der Waals surface area contributed by atoms with Crippen molar-refractivity contribution in [3.8, 4) is 17.2 Å². The number of nitrogens with one attached hydrogen (secondary N) is 2. The van der Waals surface area contributed by atoms with Crippen molar-refractivity contribution in [3.05, 3.63) is 17.7 Å². The first-order valence-electron chi connectivity index (χ1n) is 8.64. The number of aliphatic imine (C=N–C) groups is 1. The molecule has 0 amide bonds. The number of rotatable bonds is 7. The van der Waals surface area contributed by atoms with Gasteiger partial charge in [-0.05, 0) is 24.7 Å². The van der Waals surface area contributed by atoms with Crippen molar-refractivity contribution in [3.63, 3.8) is 0 Å². The number of methoxy groups -OCH3 is 3. The van der Waals surface area contributed by atoms with Gasteiger partial charge in [0.05, 0.1) is 34.0 Å². The van der Waals surface area contributed by atoms with E-state index >= 15 is 0 Å². The summed E-state index contributed by atoms with van der Waals surface area (Å²) in [5.41, 5.74) is 0.996. The van der Waals surface area contributed by atoms with Crippen molar-refractivity contribution in [1.29, 1.82) is 0 Å². The average Bonchev–Trinajstić information content (AvgIpc) is 2.67. The maximum absolute atomic E-state index is 5.76. The Morgan fingerprint density at radius 2 is 1.85 bits per heavy atom. The van der Waals surface area contributed by atoms with E-state index in [-0.39, 0.29) is 30.1 Å². The minimum Gasteiger partial charge on any atom is -0.493 e. The van der Waals surface area contributed by atoms with E-state index in [1.54, 1.807) is 28.4 Å². The second kappa shape index (κ2) is 12.1. The number of likely N-dealkylation sites (N-methyl/N-ethyl adjacent to an activating group) is 1. The number of nitrogens with zero attached hydrogens (tertiary/aromatic N) is 2. The fourth-order valence-electron chi connectivity index (χ4n) is 2.84. The molecule has 0 aromatic heterocycles. The molecule has 2 rings (SSSR count). The van der Waals surface area contributed by atoms with E-state index < -0.39 is 0 Å². The van der Waals surface area contributed by atoms with Crippen LogP contribution in [0, 0.1) is 0 Å². The molecule has 27 heavy (non-hydrogen) atoms. The maximum atomic E-state index is 5.76. The molecule has 8 nitrogen and oxygen atoms in total. The molecule has 0 radical (unpaired) electrons. The molecule has 1 aliphatic rings. The Bertz CT molecular complexity index is 590. The van der Waals surface area contributed by atoms with Crippen LogP contribution in [0.5, 0.6) is 17.2 Å². The summed E-state index contributed by atoms with van der Waals surface area (Å²) in [5, 5.41) is 6.60. The lowest BCUT2D eigenvalue weighted by molar-refractivity contribution is -0.0161. The molecule has 1 aromatic carbocycles. The summed E-state index contributed by atoms with van der Waals surface area (Å²) < 4.78 is 21.9. The number of hydrogen-bond donors (Lipinski definition) is 2. The summed E-state index contributed by atoms with van der Waals surface area (Å²) >= 11 is 0. The van der Waals surface area contributed by atoms with Crippen molar-refractivity contribution >= 4 is 29.9 Å². The lowest BCUT2D eigenvalue weighted by atomic mass is 10.2. The van der Waals surface area contributed by atoms with Crippen LogP contribution in [0.4, 0.5) is 0 Å². The summed E-state index contributed by atoms with van der Waals surface area (Å²) in [5.74, 6) is 2.56. The van der Waals surface area contributed by atoms with Crippen LogP contribution in [0.3, 0.4) is 0 Å². The monoisotopic (exact) mass is 494 g/mol. The van der Waals surface area contributed by atoms with E-state index in [4.69, 9.17) is 18.9 Å². The largest absolute Gasteiger partial charge is 0.493 e. The Hall–Kier alpha value is -1.46. The minimum absolute atomic E-state index is 0. The van der Waals surface area contributed by atoms with Gasteiger partial charge in [-0.2, -0.15) is 0 Å². The first kappa shape index (κ1) is 23.6. The summed E-state index contributed by atoms with van der Waals surface area (Å²) in [6.45, 7) is 3.93. The fraction of sp³-hybridized carbons (Fsp3) is 0.611. The van der Waals surface area contributed by atoms with E-state index in [0.717, 1.165) is 31.2 Å². The molecule has 0 bridgehead atoms. The first-order valence-corrected chi connectivity index (χ1v) is 8.64. The van der Waals surface area contributed by atoms with Gasteiger partial charge in [0.2, 0.25) is 5.75 Å². The Labute approximate surface area is 178 Å². The third-order valence-electron chi connectivity index (χ3n) is 4.25. The third kappa shape index (κ3) is 6.89. The molecule has 2 N–H and O–H groups in total. The molecule has 1 atom stereocenters. The molecule has 154 valence electrons. The fourth-order valence-corrected chi connectivity index (χ4v) is 2.84. The Morgan fingerprint density at radius 1 is 1.19 bits per heavy atom. The number of benzene rings is 1. The van der Waals surface area contributed by atoms with Crippen LogP contribution in [-0.2, 0) is 11.3 Å². The molecule has 1 aromatic rings. The second-order valence-electron chi connectivity index (χ2n) is 6.10. The highest BCUT2D eigenvalue weighted by Crippen LogP contribution is 2.38. The lowest BCUT2D eigenvalue weighted by Crippen LogP contribution is -2.48. The highest BCUT2D eigenvalue weighted by molar-refractivity contribution is 14.0. The maximum Gasteiger partial charge on any atom is 0.203 e. The summed E-state index contributed by atoms with van der Waals surface area (Å²) in [7, 11) is 8.66. The molecule has 1 unspecified atom stereocenters. The van der Waals surface area contributed by atoms with Crippen molar-refractivity contribution in [2.24, 2.45) is 4.99 Å². The van der Waals surface area contributed by atoms with Crippen LogP contribution in [0.15, 0.2) is 17.1 Å². The van der Waals surface area contributed by atoms with Gasteiger partial charge in [-0.3, -0.25) is 4.99 Å². The summed E-state index contributed by atoms with van der Waals surface area (Å²) in [4.78, 5) is 6.53. The first-order chi connectivity index (χ1) is 12.6. The zero-order valence-electron chi connectivity index (χ0n) is 16.7. The topological polar surface area (TPSA) is 76.6 Å². The number of ether oxygens (including phenoxy) is 4. The van der Waals surface area contributed by atoms with Gasteiger partial charge in [0.15, 0.2) is 17.5 Å². The van der Waals surface area contributed by atoms with E-state index in [9.17, 15) is 0 Å². The molecule has 9 heteroatoms. The van der Waals surface area contributed by atoms with Crippen molar-refractivity contribution < 1.29 is 18.9 Å². The second-order valence-corrected chi connectivity index (χ2v) is 6.10. The highest BCUT2D eigenvalue weighted by atomic mass is 127. The van der Waals surface area contributed by atoms with Crippen LogP contribution >= 0.6 is 24.0 Å². The normalized spacial score (nSPS) is 17.7. The molecule has 1 heterocycles. The van der Waals surface area contributed by atoms with E-state index in [0.29, 0.717) is 30.3 Å². The number of guanidine groups is 1. The van der Waals surface area contributed by atoms with Crippen molar-refractivity contribution in [2.45, 2.75) is 12.6 Å². The molecule has 0 saturated carbocycles. The molecular formula is C18H31IN4O4. The molecule has 1 fully saturated rings. The third-order valence-corrected chi connectivity index (χ3v) is 4.25. The Kier molecular flexibility index (Phi) is 10.6. The predicted molar refractivity (Wildman–Crippen MR) is 117 cm³/mol. The lowest BCUT2D eigenvalue weighted by Gasteiger charge is -2.30. The van der Waals surface area contributed by atoms with Gasteiger partial charge in [-0.25, -0.2) is 0 Å². The van der Waals surface area contributed by atoms with E-state index in [1.165, 1.54) is 0 Å². The highest BCUT2D eigenvalue weighted by Gasteiger charge is 2.18. The SMILES string of the molecule is CN=C(NCc1cc(OC)c(OC)c(OC)c1)NCC1CN(C)CCO1.I. The summed E-state index contributed by atoms with van der Waals surface area (Å²) in [6.07, 6.45) is 0.161. The molecular weight excluding hydrogens is 463 g/mol. The zero-order chi connectivity index (χ0) is 18.9. The predicted octanol–water partition coefficient (Wildman–Crippen LogP) is 1.33. The van der Waals surface area contributed by atoms with Crippen LogP contribution in [0.1, 0.15) is 5.56 Å². The average molecular weight is 494 g/mol. The Balaban J connectivity index is 0.00000364. The van der Waals surface area contributed by atoms with Crippen LogP contribution in [0.25, 0.3) is 0 Å². The van der Waals surface area contributed by atoms with Gasteiger partial charge >= 0.3 is 0 Å². The quantitative estimate of drug-likeness (QED) is 0.337. The Morgan fingerprint density at radius 3 is 2.37 bits per heavy atom. The molecule has 0 aliphatic carbocycles. The molecule has 1 aliphatic heterocycles. The summed E-state index contributed by atoms with van der Waals surface area (Å²) in [6, 6.07) is 3.83. The van der Waals surface area contributed by atoms with Gasteiger partial charge in [0.25, 0.3) is 0 Å². The standard InChI is InChI=1S/C18H30N4O4.HI/c1-19-18(21-11-14-12-22(2)6-7-26-14)20-10-13-8-15(23-3)17(25-5)16(9-13)24-4;/h8-9,14H,6-7,10-12H2,1-5H3,(H2,19,20,21);1H. The van der Waals surface area contributed by atoms with Crippen molar-refractivity contribution in [1.82, 2.24) is 15.5 Å². The zero-order valence-corrected chi connectivity index (χ0v) is 19.0. The van der Waals surface area contributed by atoms with E-state index in [2.05, 4.69) is 27.6 Å². The number of morpholine rings is 1. The van der Waals surface area contributed by atoms with Gasteiger partial charge in [0.1, 0.15) is 0 Å². The number of hydrogen-bond acceptors (Lipinski definition) is 6. The van der Waals surface area contributed by atoms with Crippen LogP contribution in [-0.4, -0.2) is 78.6 Å². The van der Waals surface area contributed by atoms with Crippen LogP contribution in [0.2, 0.25) is 0 Å². The molecule has 1 saturated heterocycles.